The molecule has 1 unspecified atom stereocenters. The molecule has 5 heteroatoms. The van der Waals surface area contributed by atoms with Gasteiger partial charge in [-0.2, -0.15) is 5.26 Å². The van der Waals surface area contributed by atoms with Gasteiger partial charge < -0.3 is 10.4 Å². The number of hydrogen-bond acceptors (Lipinski definition) is 4. The number of amides is 1. The van der Waals surface area contributed by atoms with Crippen molar-refractivity contribution in [2.45, 2.75) is 25.4 Å². The zero-order valence-electron chi connectivity index (χ0n) is 11.4. The Kier molecular flexibility index (Phi) is 5.10. The zero-order valence-corrected chi connectivity index (χ0v) is 11.4. The number of hydrogen-bond donors (Lipinski definition) is 2. The van der Waals surface area contributed by atoms with Crippen LogP contribution in [0, 0.1) is 11.3 Å². The smallest absolute Gasteiger partial charge is 0.238 e. The van der Waals surface area contributed by atoms with Gasteiger partial charge in [0.15, 0.2) is 0 Å². The van der Waals surface area contributed by atoms with Crippen molar-refractivity contribution in [2.75, 3.05) is 25.0 Å². The van der Waals surface area contributed by atoms with Crippen LogP contribution in [0.2, 0.25) is 0 Å². The summed E-state index contributed by atoms with van der Waals surface area (Å²) in [6.45, 7) is 1.72. The van der Waals surface area contributed by atoms with Gasteiger partial charge in [-0.15, -0.1) is 0 Å². The van der Waals surface area contributed by atoms with Gasteiger partial charge in [0.1, 0.15) is 0 Å². The molecule has 1 aromatic rings. The quantitative estimate of drug-likeness (QED) is 0.862. The van der Waals surface area contributed by atoms with E-state index in [9.17, 15) is 9.90 Å². The van der Waals surface area contributed by atoms with Crippen molar-refractivity contribution in [3.05, 3.63) is 29.8 Å². The number of nitriles is 1. The summed E-state index contributed by atoms with van der Waals surface area (Å²) in [5.41, 5.74) is 1.67. The molecule has 0 aromatic heterocycles. The number of benzene rings is 1. The van der Waals surface area contributed by atoms with E-state index in [4.69, 9.17) is 5.26 Å². The van der Waals surface area contributed by atoms with Gasteiger partial charge in [-0.05, 0) is 37.1 Å². The lowest BCUT2D eigenvalue weighted by Gasteiger charge is -2.29. The maximum Gasteiger partial charge on any atom is 0.238 e. The van der Waals surface area contributed by atoms with E-state index in [1.807, 2.05) is 17.0 Å². The summed E-state index contributed by atoms with van der Waals surface area (Å²) in [4.78, 5) is 13.9. The number of nitrogens with one attached hydrogen (secondary N) is 1. The van der Waals surface area contributed by atoms with Crippen molar-refractivity contribution < 1.29 is 9.90 Å². The summed E-state index contributed by atoms with van der Waals surface area (Å²) in [5, 5.41) is 21.0. The fourth-order valence-electron chi connectivity index (χ4n) is 2.38. The van der Waals surface area contributed by atoms with E-state index in [1.54, 1.807) is 12.1 Å². The average molecular weight is 273 g/mol. The molecule has 2 rings (SSSR count). The number of carbonyl (C=O) groups excluding carboxylic acids is 1. The molecule has 1 fully saturated rings. The number of carbonyl (C=O) groups is 1. The van der Waals surface area contributed by atoms with Gasteiger partial charge in [0.25, 0.3) is 0 Å². The van der Waals surface area contributed by atoms with Crippen LogP contribution in [0.5, 0.6) is 0 Å². The molecule has 5 nitrogen and oxygen atoms in total. The normalized spacial score (nSPS) is 19.3. The van der Waals surface area contributed by atoms with Crippen molar-refractivity contribution in [3.63, 3.8) is 0 Å². The Labute approximate surface area is 118 Å². The number of piperidine rings is 1. The number of aliphatic hydroxyl groups is 1. The second kappa shape index (κ2) is 7.04. The first-order valence-corrected chi connectivity index (χ1v) is 6.83. The summed E-state index contributed by atoms with van der Waals surface area (Å²) in [6.07, 6.45) is 1.80. The number of anilines is 1. The van der Waals surface area contributed by atoms with E-state index >= 15 is 0 Å². The fourth-order valence-corrected chi connectivity index (χ4v) is 2.38. The lowest BCUT2D eigenvalue weighted by atomic mass is 10.1. The molecule has 1 heterocycles. The molecule has 1 atom stereocenters. The minimum absolute atomic E-state index is 0.0767. The van der Waals surface area contributed by atoms with Crippen LogP contribution in [-0.2, 0) is 11.2 Å². The van der Waals surface area contributed by atoms with Crippen LogP contribution in [0.3, 0.4) is 0 Å². The SMILES string of the molecule is N#CCc1ccc(NC(=O)CN2CCCC(O)C2)cc1. The van der Waals surface area contributed by atoms with Crippen LogP contribution >= 0.6 is 0 Å². The second-order valence-corrected chi connectivity index (χ2v) is 5.11. The Morgan fingerprint density at radius 3 is 2.85 bits per heavy atom. The largest absolute Gasteiger partial charge is 0.392 e. The minimum Gasteiger partial charge on any atom is -0.392 e. The molecule has 0 radical (unpaired) electrons. The molecular weight excluding hydrogens is 254 g/mol. The second-order valence-electron chi connectivity index (χ2n) is 5.11. The number of nitrogens with zero attached hydrogens (tertiary/aromatic N) is 2. The first-order chi connectivity index (χ1) is 9.67. The van der Waals surface area contributed by atoms with Crippen molar-refractivity contribution in [1.82, 2.24) is 4.90 Å². The van der Waals surface area contributed by atoms with Gasteiger partial charge in [-0.3, -0.25) is 9.69 Å². The summed E-state index contributed by atoms with van der Waals surface area (Å²) < 4.78 is 0. The highest BCUT2D eigenvalue weighted by atomic mass is 16.3. The predicted octanol–water partition coefficient (Wildman–Crippen LogP) is 1.15. The molecule has 20 heavy (non-hydrogen) atoms. The zero-order chi connectivity index (χ0) is 14.4. The lowest BCUT2D eigenvalue weighted by molar-refractivity contribution is -0.118. The fraction of sp³-hybridized carbons (Fsp3) is 0.467. The van der Waals surface area contributed by atoms with Gasteiger partial charge in [-0.1, -0.05) is 12.1 Å². The summed E-state index contributed by atoms with van der Waals surface area (Å²) in [7, 11) is 0. The molecule has 1 aliphatic heterocycles. The molecule has 0 aliphatic carbocycles. The first kappa shape index (κ1) is 14.5. The van der Waals surface area contributed by atoms with Crippen molar-refractivity contribution >= 4 is 11.6 Å². The van der Waals surface area contributed by atoms with Crippen molar-refractivity contribution in [3.8, 4) is 6.07 Å². The van der Waals surface area contributed by atoms with Gasteiger partial charge in [-0.25, -0.2) is 0 Å². The van der Waals surface area contributed by atoms with Gasteiger partial charge >= 0.3 is 0 Å². The number of rotatable bonds is 4. The minimum atomic E-state index is -0.318. The highest BCUT2D eigenvalue weighted by Gasteiger charge is 2.19. The van der Waals surface area contributed by atoms with E-state index in [-0.39, 0.29) is 12.0 Å². The molecule has 1 saturated heterocycles. The molecule has 2 N–H and O–H groups in total. The van der Waals surface area contributed by atoms with Crippen LogP contribution in [-0.4, -0.2) is 41.7 Å². The maximum atomic E-state index is 11.9. The molecule has 1 aromatic carbocycles. The maximum absolute atomic E-state index is 11.9. The third-order valence-corrected chi connectivity index (χ3v) is 3.37. The van der Waals surface area contributed by atoms with Crippen molar-refractivity contribution in [2.24, 2.45) is 0 Å². The first-order valence-electron chi connectivity index (χ1n) is 6.83. The Balaban J connectivity index is 1.83. The molecule has 0 saturated carbocycles. The van der Waals surface area contributed by atoms with Gasteiger partial charge in [0, 0.05) is 12.2 Å². The van der Waals surface area contributed by atoms with E-state index in [1.165, 1.54) is 0 Å². The van der Waals surface area contributed by atoms with Crippen LogP contribution in [0.4, 0.5) is 5.69 Å². The van der Waals surface area contributed by atoms with Crippen LogP contribution in [0.1, 0.15) is 18.4 Å². The van der Waals surface area contributed by atoms with Gasteiger partial charge in [0.05, 0.1) is 25.1 Å². The van der Waals surface area contributed by atoms with Crippen LogP contribution in [0.15, 0.2) is 24.3 Å². The number of aliphatic hydroxyl groups excluding tert-OH is 1. The Morgan fingerprint density at radius 2 is 2.20 bits per heavy atom. The topological polar surface area (TPSA) is 76.4 Å². The Bertz CT molecular complexity index is 493. The summed E-state index contributed by atoms with van der Waals surface area (Å²) in [6, 6.07) is 9.36. The molecule has 1 amide bonds. The Hall–Kier alpha value is -1.90. The average Bonchev–Trinajstić information content (AvgIpc) is 2.41. The molecule has 0 bridgehead atoms. The van der Waals surface area contributed by atoms with E-state index < -0.39 is 0 Å². The number of likely N-dealkylation sites (tertiary alicyclic amines) is 1. The summed E-state index contributed by atoms with van der Waals surface area (Å²) >= 11 is 0. The number of β-amino-alcohol motifs (C(OH)–C–C–N with tert-alkyl or cyclic N) is 1. The monoisotopic (exact) mass is 273 g/mol. The third kappa shape index (κ3) is 4.34. The van der Waals surface area contributed by atoms with Crippen LogP contribution < -0.4 is 5.32 Å². The van der Waals surface area contributed by atoms with E-state index in [0.29, 0.717) is 19.5 Å². The highest BCUT2D eigenvalue weighted by molar-refractivity contribution is 5.92. The molecular formula is C15H19N3O2. The Morgan fingerprint density at radius 1 is 1.45 bits per heavy atom. The lowest BCUT2D eigenvalue weighted by Crippen LogP contribution is -2.42. The van der Waals surface area contributed by atoms with Crippen LogP contribution in [0.25, 0.3) is 0 Å². The standard InChI is InChI=1S/C15H19N3O2/c16-8-7-12-3-5-13(6-4-12)17-15(20)11-18-9-1-2-14(19)10-18/h3-6,14,19H,1-2,7,9-11H2,(H,17,20). The summed E-state index contributed by atoms with van der Waals surface area (Å²) in [5.74, 6) is -0.0767. The predicted molar refractivity (Wildman–Crippen MR) is 76.1 cm³/mol. The van der Waals surface area contributed by atoms with Gasteiger partial charge in [0.2, 0.25) is 5.91 Å². The third-order valence-electron chi connectivity index (χ3n) is 3.37. The van der Waals surface area contributed by atoms with E-state index in [0.717, 1.165) is 30.6 Å². The highest BCUT2D eigenvalue weighted by Crippen LogP contribution is 2.12. The van der Waals surface area contributed by atoms with E-state index in [2.05, 4.69) is 11.4 Å². The molecule has 1 aliphatic rings. The molecule has 0 spiro atoms. The molecule has 106 valence electrons. The van der Waals surface area contributed by atoms with Crippen molar-refractivity contribution in [1.29, 1.82) is 5.26 Å².